The summed E-state index contributed by atoms with van der Waals surface area (Å²) in [6.45, 7) is 0. The minimum Gasteiger partial charge on any atom is -0.219 e. The van der Waals surface area contributed by atoms with E-state index in [9.17, 15) is 21.6 Å². The van der Waals surface area contributed by atoms with E-state index < -0.39 is 26.6 Å². The van der Waals surface area contributed by atoms with Gasteiger partial charge in [0.15, 0.2) is 0 Å². The molecule has 0 saturated heterocycles. The highest BCUT2D eigenvalue weighted by atomic mass is 35.5. The van der Waals surface area contributed by atoms with Crippen LogP contribution in [0.5, 0.6) is 0 Å². The lowest BCUT2D eigenvalue weighted by atomic mass is 10.2. The van der Waals surface area contributed by atoms with Crippen LogP contribution in [0.4, 0.5) is 13.2 Å². The number of sulfone groups is 1. The average molecular weight is 355 g/mol. The van der Waals surface area contributed by atoms with Crippen molar-refractivity contribution in [2.24, 2.45) is 0 Å². The molecule has 2 aromatic rings. The van der Waals surface area contributed by atoms with Gasteiger partial charge < -0.3 is 0 Å². The van der Waals surface area contributed by atoms with Crippen LogP contribution in [0.15, 0.2) is 52.3 Å². The van der Waals surface area contributed by atoms with E-state index >= 15 is 0 Å². The van der Waals surface area contributed by atoms with Crippen LogP contribution < -0.4 is 0 Å². The van der Waals surface area contributed by atoms with E-state index in [0.29, 0.717) is 11.1 Å². The van der Waals surface area contributed by atoms with Gasteiger partial charge >= 0.3 is 6.18 Å². The first-order chi connectivity index (χ1) is 9.62. The molecule has 0 saturated carbocycles. The predicted molar refractivity (Wildman–Crippen MR) is 73.4 cm³/mol. The quantitative estimate of drug-likeness (QED) is 0.772. The zero-order valence-electron chi connectivity index (χ0n) is 10.2. The van der Waals surface area contributed by atoms with Gasteiger partial charge in [0.25, 0.3) is 0 Å². The summed E-state index contributed by atoms with van der Waals surface area (Å²) in [7, 11) is -3.95. The monoisotopic (exact) mass is 354 g/mol. The van der Waals surface area contributed by atoms with Crippen molar-refractivity contribution in [3.05, 3.63) is 58.1 Å². The number of hydrogen-bond acceptors (Lipinski definition) is 2. The molecule has 0 aliphatic rings. The molecular formula is C13H7Cl2F3O2S. The summed E-state index contributed by atoms with van der Waals surface area (Å²) in [5, 5.41) is -0.322. The third-order valence-electron chi connectivity index (χ3n) is 2.68. The summed E-state index contributed by atoms with van der Waals surface area (Å²) in [5.41, 5.74) is -1.08. The molecule has 0 atom stereocenters. The zero-order chi connectivity index (χ0) is 15.8. The maximum atomic E-state index is 12.6. The van der Waals surface area contributed by atoms with Gasteiger partial charge in [-0.1, -0.05) is 23.2 Å². The van der Waals surface area contributed by atoms with Crippen LogP contribution in [-0.2, 0) is 16.0 Å². The minimum atomic E-state index is -4.64. The molecule has 0 amide bonds. The molecule has 21 heavy (non-hydrogen) atoms. The summed E-state index contributed by atoms with van der Waals surface area (Å²) in [6, 6.07) is 7.59. The van der Waals surface area contributed by atoms with Crippen molar-refractivity contribution in [1.29, 1.82) is 0 Å². The van der Waals surface area contributed by atoms with Crippen molar-refractivity contribution in [3.63, 3.8) is 0 Å². The first-order valence-corrected chi connectivity index (χ1v) is 7.73. The van der Waals surface area contributed by atoms with E-state index in [4.69, 9.17) is 23.2 Å². The van der Waals surface area contributed by atoms with Gasteiger partial charge in [-0.15, -0.1) is 0 Å². The Balaban J connectivity index is 2.51. The van der Waals surface area contributed by atoms with E-state index in [1.54, 1.807) is 0 Å². The second-order valence-electron chi connectivity index (χ2n) is 4.10. The van der Waals surface area contributed by atoms with Crippen LogP contribution in [0, 0.1) is 0 Å². The largest absolute Gasteiger partial charge is 0.417 e. The van der Waals surface area contributed by atoms with E-state index in [-0.39, 0.29) is 9.79 Å². The fourth-order valence-corrected chi connectivity index (χ4v) is 3.41. The van der Waals surface area contributed by atoms with Crippen molar-refractivity contribution < 1.29 is 21.6 Å². The average Bonchev–Trinajstić information content (AvgIpc) is 2.37. The fourth-order valence-electron chi connectivity index (χ4n) is 1.64. The van der Waals surface area contributed by atoms with Crippen molar-refractivity contribution in [3.8, 4) is 0 Å². The van der Waals surface area contributed by atoms with E-state index in [2.05, 4.69) is 0 Å². The number of rotatable bonds is 2. The topological polar surface area (TPSA) is 34.1 Å². The van der Waals surface area contributed by atoms with Crippen molar-refractivity contribution in [2.45, 2.75) is 16.0 Å². The number of hydrogen-bond donors (Lipinski definition) is 0. The van der Waals surface area contributed by atoms with Crippen molar-refractivity contribution >= 4 is 33.0 Å². The fraction of sp³-hybridized carbons (Fsp3) is 0.0769. The molecule has 0 unspecified atom stereocenters. The molecule has 0 aliphatic carbocycles. The molecule has 0 bridgehead atoms. The van der Waals surface area contributed by atoms with Gasteiger partial charge in [-0.3, -0.25) is 0 Å². The summed E-state index contributed by atoms with van der Waals surface area (Å²) in [6.07, 6.45) is -4.64. The van der Waals surface area contributed by atoms with Gasteiger partial charge in [0.1, 0.15) is 0 Å². The first-order valence-electron chi connectivity index (χ1n) is 5.50. The van der Waals surface area contributed by atoms with Crippen molar-refractivity contribution in [1.82, 2.24) is 0 Å². The third-order valence-corrected chi connectivity index (χ3v) is 5.01. The summed E-state index contributed by atoms with van der Waals surface area (Å²) < 4.78 is 62.3. The van der Waals surface area contributed by atoms with Crippen LogP contribution in [0.25, 0.3) is 0 Å². The number of alkyl halides is 3. The number of benzene rings is 2. The maximum Gasteiger partial charge on any atom is 0.417 e. The van der Waals surface area contributed by atoms with Gasteiger partial charge in [-0.2, -0.15) is 13.2 Å². The van der Waals surface area contributed by atoms with Crippen LogP contribution >= 0.6 is 23.2 Å². The summed E-state index contributed by atoms with van der Waals surface area (Å²) in [4.78, 5) is -0.398. The van der Waals surface area contributed by atoms with Crippen LogP contribution in [0.2, 0.25) is 10.0 Å². The Labute approximate surface area is 129 Å². The smallest absolute Gasteiger partial charge is 0.219 e. The second-order valence-corrected chi connectivity index (χ2v) is 6.89. The predicted octanol–water partition coefficient (Wildman–Crippen LogP) is 4.85. The summed E-state index contributed by atoms with van der Waals surface area (Å²) >= 11 is 11.2. The zero-order valence-corrected chi connectivity index (χ0v) is 12.5. The Morgan fingerprint density at radius 3 is 1.86 bits per heavy atom. The SMILES string of the molecule is O=S(=O)(c1ccc(Cl)cc1)c1ccc(C(F)(F)F)c(Cl)c1. The summed E-state index contributed by atoms with van der Waals surface area (Å²) in [5.74, 6) is 0. The van der Waals surface area contributed by atoms with Crippen LogP contribution in [0.3, 0.4) is 0 Å². The lowest BCUT2D eigenvalue weighted by Crippen LogP contribution is -2.08. The van der Waals surface area contributed by atoms with Crippen molar-refractivity contribution in [2.75, 3.05) is 0 Å². The normalized spacial score (nSPS) is 12.4. The Morgan fingerprint density at radius 2 is 1.38 bits per heavy atom. The molecule has 0 heterocycles. The maximum absolute atomic E-state index is 12.6. The van der Waals surface area contributed by atoms with Gasteiger partial charge in [0, 0.05) is 5.02 Å². The molecule has 8 heteroatoms. The lowest BCUT2D eigenvalue weighted by Gasteiger charge is -2.11. The highest BCUT2D eigenvalue weighted by Gasteiger charge is 2.34. The molecular weight excluding hydrogens is 348 g/mol. The van der Waals surface area contributed by atoms with E-state index in [0.717, 1.165) is 12.1 Å². The molecule has 0 spiro atoms. The van der Waals surface area contributed by atoms with Gasteiger partial charge in [-0.05, 0) is 42.5 Å². The molecule has 0 radical (unpaired) electrons. The van der Waals surface area contributed by atoms with Gasteiger partial charge in [0.2, 0.25) is 9.84 Å². The molecule has 2 nitrogen and oxygen atoms in total. The van der Waals surface area contributed by atoms with E-state index in [1.165, 1.54) is 24.3 Å². The van der Waals surface area contributed by atoms with Gasteiger partial charge in [0.05, 0.1) is 20.4 Å². The minimum absolute atomic E-state index is 0.0808. The van der Waals surface area contributed by atoms with Crippen LogP contribution in [0.1, 0.15) is 5.56 Å². The highest BCUT2D eigenvalue weighted by Crippen LogP contribution is 2.36. The molecule has 0 N–H and O–H groups in total. The Bertz CT molecular complexity index is 769. The Morgan fingerprint density at radius 1 is 0.857 bits per heavy atom. The standard InChI is InChI=1S/C13H7Cl2F3O2S/c14-8-1-3-9(4-2-8)21(19,20)10-5-6-11(12(15)7-10)13(16,17)18/h1-7H. The number of halogens is 5. The molecule has 0 aromatic heterocycles. The Hall–Kier alpha value is -1.24. The Kier molecular flexibility index (Phi) is 4.24. The molecule has 112 valence electrons. The third kappa shape index (κ3) is 3.33. The molecule has 0 fully saturated rings. The molecule has 2 aromatic carbocycles. The first kappa shape index (κ1) is 16.1. The van der Waals surface area contributed by atoms with E-state index in [1.807, 2.05) is 0 Å². The van der Waals surface area contributed by atoms with Crippen LogP contribution in [-0.4, -0.2) is 8.42 Å². The molecule has 2 rings (SSSR count). The lowest BCUT2D eigenvalue weighted by molar-refractivity contribution is -0.137. The second kappa shape index (κ2) is 5.51. The molecule has 0 aliphatic heterocycles. The van der Waals surface area contributed by atoms with Gasteiger partial charge in [-0.25, -0.2) is 8.42 Å². The highest BCUT2D eigenvalue weighted by molar-refractivity contribution is 7.91.